The van der Waals surface area contributed by atoms with Gasteiger partial charge in [-0.25, -0.2) is 4.79 Å². The SMILES string of the molecule is O=C1N(c2ccccc2)CC(c2ccccn2)=NN1c1ccccc1Br. The largest absolute Gasteiger partial charge is 0.350 e. The van der Waals surface area contributed by atoms with Gasteiger partial charge in [0.15, 0.2) is 0 Å². The molecule has 0 unspecified atom stereocenters. The fourth-order valence-electron chi connectivity index (χ4n) is 2.78. The summed E-state index contributed by atoms with van der Waals surface area (Å²) < 4.78 is 0.799. The highest BCUT2D eigenvalue weighted by atomic mass is 79.9. The van der Waals surface area contributed by atoms with Gasteiger partial charge in [-0.1, -0.05) is 36.4 Å². The summed E-state index contributed by atoms with van der Waals surface area (Å²) in [7, 11) is 0. The molecule has 0 atom stereocenters. The van der Waals surface area contributed by atoms with Gasteiger partial charge in [-0.15, -0.1) is 0 Å². The normalized spacial score (nSPS) is 14.3. The zero-order chi connectivity index (χ0) is 17.9. The third kappa shape index (κ3) is 3.11. The summed E-state index contributed by atoms with van der Waals surface area (Å²) >= 11 is 3.51. The van der Waals surface area contributed by atoms with Gasteiger partial charge in [-0.3, -0.25) is 9.88 Å². The fourth-order valence-corrected chi connectivity index (χ4v) is 3.24. The van der Waals surface area contributed by atoms with Crippen molar-refractivity contribution in [2.45, 2.75) is 0 Å². The van der Waals surface area contributed by atoms with E-state index < -0.39 is 0 Å². The van der Waals surface area contributed by atoms with Crippen LogP contribution in [0.4, 0.5) is 16.2 Å². The molecule has 4 rings (SSSR count). The molecule has 6 heteroatoms. The van der Waals surface area contributed by atoms with Gasteiger partial charge >= 0.3 is 6.03 Å². The molecule has 3 aromatic rings. The molecule has 1 aliphatic heterocycles. The van der Waals surface area contributed by atoms with Gasteiger partial charge in [0.05, 0.1) is 17.9 Å². The minimum absolute atomic E-state index is 0.206. The Hall–Kier alpha value is -2.99. The van der Waals surface area contributed by atoms with E-state index in [2.05, 4.69) is 26.0 Å². The van der Waals surface area contributed by atoms with Crippen molar-refractivity contribution in [1.82, 2.24) is 4.98 Å². The second-order valence-electron chi connectivity index (χ2n) is 5.73. The molecule has 2 amide bonds. The predicted molar refractivity (Wildman–Crippen MR) is 107 cm³/mol. The number of para-hydroxylation sites is 2. The van der Waals surface area contributed by atoms with Crippen LogP contribution in [0.1, 0.15) is 5.69 Å². The molecule has 1 aromatic heterocycles. The summed E-state index contributed by atoms with van der Waals surface area (Å²) in [4.78, 5) is 19.3. The van der Waals surface area contributed by atoms with Gasteiger partial charge in [0.25, 0.3) is 0 Å². The molecule has 0 saturated carbocycles. The summed E-state index contributed by atoms with van der Waals surface area (Å²) in [6, 6.07) is 22.6. The van der Waals surface area contributed by atoms with Crippen LogP contribution < -0.4 is 9.91 Å². The Labute approximate surface area is 159 Å². The maximum absolute atomic E-state index is 13.2. The number of pyridine rings is 1. The monoisotopic (exact) mass is 406 g/mol. The van der Waals surface area contributed by atoms with Crippen molar-refractivity contribution in [3.8, 4) is 0 Å². The highest BCUT2D eigenvalue weighted by Gasteiger charge is 2.31. The molecule has 0 spiro atoms. The molecule has 2 heterocycles. The Kier molecular flexibility index (Phi) is 4.50. The van der Waals surface area contributed by atoms with Crippen molar-refractivity contribution >= 4 is 39.0 Å². The third-order valence-corrected chi connectivity index (χ3v) is 4.72. The standard InChI is InChI=1S/C20H15BrN4O/c21-16-10-4-5-12-19(16)25-20(26)24(15-8-2-1-3-9-15)14-18(23-25)17-11-6-7-13-22-17/h1-13H,14H2. The van der Waals surface area contributed by atoms with E-state index in [1.54, 1.807) is 11.1 Å². The number of anilines is 2. The molecule has 0 radical (unpaired) electrons. The molecular weight excluding hydrogens is 392 g/mol. The molecule has 128 valence electrons. The first kappa shape index (κ1) is 16.5. The van der Waals surface area contributed by atoms with Crippen molar-refractivity contribution in [1.29, 1.82) is 0 Å². The highest BCUT2D eigenvalue weighted by molar-refractivity contribution is 9.10. The quantitative estimate of drug-likeness (QED) is 0.632. The van der Waals surface area contributed by atoms with Crippen LogP contribution in [0.2, 0.25) is 0 Å². The minimum Gasteiger partial charge on any atom is -0.286 e. The number of amides is 2. The zero-order valence-corrected chi connectivity index (χ0v) is 15.4. The number of hydrazone groups is 1. The van der Waals surface area contributed by atoms with Crippen LogP contribution in [0, 0.1) is 0 Å². The van der Waals surface area contributed by atoms with E-state index in [0.717, 1.165) is 21.6 Å². The average molecular weight is 407 g/mol. The maximum atomic E-state index is 13.2. The molecule has 0 bridgehead atoms. The number of aromatic nitrogens is 1. The summed E-state index contributed by atoms with van der Waals surface area (Å²) in [6.45, 7) is 0.362. The summed E-state index contributed by atoms with van der Waals surface area (Å²) in [5.41, 5.74) is 2.98. The Morgan fingerprint density at radius 1 is 0.885 bits per heavy atom. The highest BCUT2D eigenvalue weighted by Crippen LogP contribution is 2.30. The number of urea groups is 1. The van der Waals surface area contributed by atoms with Crippen LogP contribution in [0.15, 0.2) is 88.6 Å². The second kappa shape index (κ2) is 7.09. The molecular formula is C20H15BrN4O. The van der Waals surface area contributed by atoms with Gasteiger partial charge in [0, 0.05) is 16.4 Å². The first-order valence-corrected chi connectivity index (χ1v) is 8.93. The molecule has 0 fully saturated rings. The Balaban J connectivity index is 1.83. The number of hydrogen-bond acceptors (Lipinski definition) is 3. The molecule has 5 nitrogen and oxygen atoms in total. The van der Waals surface area contributed by atoms with E-state index in [0.29, 0.717) is 12.2 Å². The number of halogens is 1. The fraction of sp³-hybridized carbons (Fsp3) is 0.0500. The minimum atomic E-state index is -0.206. The average Bonchev–Trinajstić information content (AvgIpc) is 2.70. The number of hydrogen-bond donors (Lipinski definition) is 0. The van der Waals surface area contributed by atoms with E-state index in [9.17, 15) is 4.79 Å². The number of benzene rings is 2. The van der Waals surface area contributed by atoms with Crippen LogP contribution in [-0.4, -0.2) is 23.3 Å². The lowest BCUT2D eigenvalue weighted by Crippen LogP contribution is -2.49. The lowest BCUT2D eigenvalue weighted by molar-refractivity contribution is 0.251. The summed E-state index contributed by atoms with van der Waals surface area (Å²) in [5.74, 6) is 0. The van der Waals surface area contributed by atoms with Crippen molar-refractivity contribution in [3.05, 3.63) is 89.2 Å². The lowest BCUT2D eigenvalue weighted by Gasteiger charge is -2.33. The van der Waals surface area contributed by atoms with E-state index in [-0.39, 0.29) is 6.03 Å². The Bertz CT molecular complexity index is 960. The summed E-state index contributed by atoms with van der Waals surface area (Å²) in [6.07, 6.45) is 1.73. The van der Waals surface area contributed by atoms with Gasteiger partial charge in [0.1, 0.15) is 5.71 Å². The van der Waals surface area contributed by atoms with Gasteiger partial charge in [0.2, 0.25) is 0 Å². The second-order valence-corrected chi connectivity index (χ2v) is 6.58. The van der Waals surface area contributed by atoms with Crippen LogP contribution >= 0.6 is 15.9 Å². The zero-order valence-electron chi connectivity index (χ0n) is 13.8. The first-order valence-electron chi connectivity index (χ1n) is 8.14. The molecule has 1 aliphatic rings. The van der Waals surface area contributed by atoms with Crippen LogP contribution in [0.25, 0.3) is 0 Å². The van der Waals surface area contributed by atoms with Gasteiger partial charge in [-0.2, -0.15) is 10.1 Å². The van der Waals surface area contributed by atoms with Crippen molar-refractivity contribution < 1.29 is 4.79 Å². The topological polar surface area (TPSA) is 48.8 Å². The van der Waals surface area contributed by atoms with Crippen molar-refractivity contribution in [2.24, 2.45) is 5.10 Å². The molecule has 0 aliphatic carbocycles. The summed E-state index contributed by atoms with van der Waals surface area (Å²) in [5, 5.41) is 6.03. The van der Waals surface area contributed by atoms with Crippen LogP contribution in [0.3, 0.4) is 0 Å². The Morgan fingerprint density at radius 2 is 1.62 bits per heavy atom. The molecule has 0 N–H and O–H groups in total. The number of carbonyl (C=O) groups is 1. The molecule has 0 saturated heterocycles. The van der Waals surface area contributed by atoms with Crippen LogP contribution in [-0.2, 0) is 0 Å². The number of carbonyl (C=O) groups excluding carboxylic acids is 1. The van der Waals surface area contributed by atoms with E-state index in [1.165, 1.54) is 5.01 Å². The molecule has 2 aromatic carbocycles. The third-order valence-electron chi connectivity index (χ3n) is 4.05. The number of rotatable bonds is 3. The van der Waals surface area contributed by atoms with Gasteiger partial charge < -0.3 is 0 Å². The maximum Gasteiger partial charge on any atom is 0.350 e. The smallest absolute Gasteiger partial charge is 0.286 e. The van der Waals surface area contributed by atoms with E-state index >= 15 is 0 Å². The van der Waals surface area contributed by atoms with Crippen LogP contribution in [0.5, 0.6) is 0 Å². The predicted octanol–water partition coefficient (Wildman–Crippen LogP) is 4.70. The lowest BCUT2D eigenvalue weighted by atomic mass is 10.2. The van der Waals surface area contributed by atoms with Crippen molar-refractivity contribution in [3.63, 3.8) is 0 Å². The first-order chi connectivity index (χ1) is 12.7. The van der Waals surface area contributed by atoms with E-state index in [4.69, 9.17) is 0 Å². The van der Waals surface area contributed by atoms with Crippen molar-refractivity contribution in [2.75, 3.05) is 16.5 Å². The van der Waals surface area contributed by atoms with Gasteiger partial charge in [-0.05, 0) is 52.3 Å². The van der Waals surface area contributed by atoms with E-state index in [1.807, 2.05) is 72.8 Å². The molecule has 26 heavy (non-hydrogen) atoms. The number of nitrogens with zero attached hydrogens (tertiary/aromatic N) is 4. The Morgan fingerprint density at radius 3 is 2.35 bits per heavy atom.